The van der Waals surface area contributed by atoms with E-state index in [-0.39, 0.29) is 11.0 Å². The molecule has 0 bridgehead atoms. The molecule has 0 amide bonds. The standard InChI is InChI=1S/C12H6ClFN2S/c13-11-5-8(7-15)6-12(16-11)17-10-4-2-1-3-9(10)14/h1-6H. The van der Waals surface area contributed by atoms with Gasteiger partial charge in [0.25, 0.3) is 0 Å². The van der Waals surface area contributed by atoms with Gasteiger partial charge in [0.1, 0.15) is 16.0 Å². The Morgan fingerprint density at radius 2 is 2.06 bits per heavy atom. The van der Waals surface area contributed by atoms with E-state index in [0.29, 0.717) is 15.5 Å². The van der Waals surface area contributed by atoms with E-state index in [0.717, 1.165) is 11.8 Å². The zero-order valence-electron chi connectivity index (χ0n) is 8.52. The van der Waals surface area contributed by atoms with Crippen molar-refractivity contribution in [2.75, 3.05) is 0 Å². The van der Waals surface area contributed by atoms with Gasteiger partial charge >= 0.3 is 0 Å². The molecule has 5 heteroatoms. The first-order valence-corrected chi connectivity index (χ1v) is 5.88. The normalized spacial score (nSPS) is 9.94. The average molecular weight is 265 g/mol. The van der Waals surface area contributed by atoms with Crippen LogP contribution in [0, 0.1) is 17.1 Å². The molecular weight excluding hydrogens is 259 g/mol. The maximum Gasteiger partial charge on any atom is 0.137 e. The molecule has 2 aromatic rings. The summed E-state index contributed by atoms with van der Waals surface area (Å²) < 4.78 is 13.4. The molecule has 2 nitrogen and oxygen atoms in total. The van der Waals surface area contributed by atoms with Crippen LogP contribution in [0.15, 0.2) is 46.3 Å². The van der Waals surface area contributed by atoms with Gasteiger partial charge < -0.3 is 0 Å². The van der Waals surface area contributed by atoms with Crippen molar-refractivity contribution in [2.45, 2.75) is 9.92 Å². The number of hydrogen-bond acceptors (Lipinski definition) is 3. The maximum absolute atomic E-state index is 13.4. The van der Waals surface area contributed by atoms with Crippen molar-refractivity contribution in [2.24, 2.45) is 0 Å². The Balaban J connectivity index is 2.34. The van der Waals surface area contributed by atoms with Gasteiger partial charge in [-0.1, -0.05) is 35.5 Å². The Labute approximate surface area is 107 Å². The molecule has 0 saturated carbocycles. The van der Waals surface area contributed by atoms with E-state index in [4.69, 9.17) is 16.9 Å². The third kappa shape index (κ3) is 2.96. The molecule has 1 heterocycles. The van der Waals surface area contributed by atoms with Gasteiger partial charge in [0.15, 0.2) is 0 Å². The number of benzene rings is 1. The van der Waals surface area contributed by atoms with Crippen molar-refractivity contribution in [3.63, 3.8) is 0 Å². The minimum Gasteiger partial charge on any atom is -0.229 e. The number of nitrogens with zero attached hydrogens (tertiary/aromatic N) is 2. The predicted molar refractivity (Wildman–Crippen MR) is 64.5 cm³/mol. The Kier molecular flexibility index (Phi) is 3.62. The van der Waals surface area contributed by atoms with Gasteiger partial charge in [0, 0.05) is 4.90 Å². The summed E-state index contributed by atoms with van der Waals surface area (Å²) in [4.78, 5) is 4.48. The zero-order chi connectivity index (χ0) is 12.3. The van der Waals surface area contributed by atoms with Gasteiger partial charge in [-0.2, -0.15) is 5.26 Å². The molecule has 0 fully saturated rings. The number of halogens is 2. The third-order valence-corrected chi connectivity index (χ3v) is 3.11. The highest BCUT2D eigenvalue weighted by Crippen LogP contribution is 2.29. The van der Waals surface area contributed by atoms with E-state index >= 15 is 0 Å². The minimum absolute atomic E-state index is 0.225. The van der Waals surface area contributed by atoms with Crippen molar-refractivity contribution in [1.29, 1.82) is 5.26 Å². The second-order valence-electron chi connectivity index (χ2n) is 3.16. The molecule has 0 spiro atoms. The number of pyridine rings is 1. The predicted octanol–water partition coefficient (Wildman–Crippen LogP) is 3.90. The van der Waals surface area contributed by atoms with E-state index in [9.17, 15) is 4.39 Å². The fourth-order valence-electron chi connectivity index (χ4n) is 1.23. The molecule has 0 aliphatic carbocycles. The van der Waals surface area contributed by atoms with Crippen LogP contribution in [0.3, 0.4) is 0 Å². The molecule has 0 N–H and O–H groups in total. The Bertz CT molecular complexity index is 595. The minimum atomic E-state index is -0.321. The highest BCUT2D eigenvalue weighted by Gasteiger charge is 2.06. The Hall–Kier alpha value is -1.57. The van der Waals surface area contributed by atoms with E-state index < -0.39 is 0 Å². The maximum atomic E-state index is 13.4. The lowest BCUT2D eigenvalue weighted by atomic mass is 10.3. The van der Waals surface area contributed by atoms with Crippen LogP contribution in [-0.4, -0.2) is 4.98 Å². The van der Waals surface area contributed by atoms with Gasteiger partial charge in [0.2, 0.25) is 0 Å². The summed E-state index contributed by atoms with van der Waals surface area (Å²) in [5.41, 5.74) is 0.406. The summed E-state index contributed by atoms with van der Waals surface area (Å²) >= 11 is 6.90. The first-order valence-electron chi connectivity index (χ1n) is 4.69. The molecule has 0 aliphatic rings. The molecule has 0 radical (unpaired) electrons. The number of hydrogen-bond donors (Lipinski definition) is 0. The van der Waals surface area contributed by atoms with Crippen molar-refractivity contribution in [3.8, 4) is 6.07 Å². The number of rotatable bonds is 2. The molecule has 0 unspecified atom stereocenters. The van der Waals surface area contributed by atoms with Gasteiger partial charge in [-0.05, 0) is 24.3 Å². The monoisotopic (exact) mass is 264 g/mol. The van der Waals surface area contributed by atoms with Crippen molar-refractivity contribution in [1.82, 2.24) is 4.98 Å². The SMILES string of the molecule is N#Cc1cc(Cl)nc(Sc2ccccc2F)c1. The number of nitriles is 1. The third-order valence-electron chi connectivity index (χ3n) is 1.95. The molecule has 0 atom stereocenters. The second kappa shape index (κ2) is 5.17. The summed E-state index contributed by atoms with van der Waals surface area (Å²) in [6.07, 6.45) is 0. The quantitative estimate of drug-likeness (QED) is 0.772. The molecule has 84 valence electrons. The van der Waals surface area contributed by atoms with Crippen LogP contribution in [0.25, 0.3) is 0 Å². The van der Waals surface area contributed by atoms with Crippen molar-refractivity contribution >= 4 is 23.4 Å². The molecule has 1 aromatic heterocycles. The van der Waals surface area contributed by atoms with Crippen LogP contribution in [-0.2, 0) is 0 Å². The molecule has 2 rings (SSSR count). The van der Waals surface area contributed by atoms with Gasteiger partial charge in [-0.25, -0.2) is 9.37 Å². The lowest BCUT2D eigenvalue weighted by Gasteiger charge is -2.03. The van der Waals surface area contributed by atoms with Crippen molar-refractivity contribution in [3.05, 3.63) is 52.9 Å². The molecular formula is C12H6ClFN2S. The summed E-state index contributed by atoms with van der Waals surface area (Å²) in [6, 6.07) is 11.4. The van der Waals surface area contributed by atoms with Gasteiger partial charge in [-0.3, -0.25) is 0 Å². The fourth-order valence-corrected chi connectivity index (χ4v) is 2.36. The lowest BCUT2D eigenvalue weighted by Crippen LogP contribution is -1.86. The number of aromatic nitrogens is 1. The Morgan fingerprint density at radius 1 is 1.29 bits per heavy atom. The largest absolute Gasteiger partial charge is 0.229 e. The van der Waals surface area contributed by atoms with Crippen LogP contribution in [0.2, 0.25) is 5.15 Å². The summed E-state index contributed by atoms with van der Waals surface area (Å²) in [6.45, 7) is 0. The van der Waals surface area contributed by atoms with Crippen LogP contribution in [0.4, 0.5) is 4.39 Å². The van der Waals surface area contributed by atoms with Crippen LogP contribution >= 0.6 is 23.4 Å². The highest BCUT2D eigenvalue weighted by molar-refractivity contribution is 7.99. The fraction of sp³-hybridized carbons (Fsp3) is 0. The average Bonchev–Trinajstić information content (AvgIpc) is 2.31. The van der Waals surface area contributed by atoms with E-state index in [1.807, 2.05) is 6.07 Å². The van der Waals surface area contributed by atoms with Gasteiger partial charge in [0.05, 0.1) is 11.6 Å². The lowest BCUT2D eigenvalue weighted by molar-refractivity contribution is 0.602. The van der Waals surface area contributed by atoms with Crippen LogP contribution in [0.5, 0.6) is 0 Å². The highest BCUT2D eigenvalue weighted by atomic mass is 35.5. The zero-order valence-corrected chi connectivity index (χ0v) is 10.1. The molecule has 0 saturated heterocycles. The first kappa shape index (κ1) is 11.9. The summed E-state index contributed by atoms with van der Waals surface area (Å²) in [5.74, 6) is -0.321. The second-order valence-corrected chi connectivity index (χ2v) is 4.61. The smallest absolute Gasteiger partial charge is 0.137 e. The topological polar surface area (TPSA) is 36.7 Å². The van der Waals surface area contributed by atoms with E-state index in [1.165, 1.54) is 12.1 Å². The first-order chi connectivity index (χ1) is 8.19. The summed E-state index contributed by atoms with van der Waals surface area (Å²) in [5, 5.41) is 9.51. The van der Waals surface area contributed by atoms with Crippen molar-refractivity contribution < 1.29 is 4.39 Å². The molecule has 1 aromatic carbocycles. The molecule has 17 heavy (non-hydrogen) atoms. The van der Waals surface area contributed by atoms with E-state index in [1.54, 1.807) is 24.3 Å². The Morgan fingerprint density at radius 3 is 2.76 bits per heavy atom. The van der Waals surface area contributed by atoms with E-state index in [2.05, 4.69) is 4.98 Å². The van der Waals surface area contributed by atoms with Gasteiger partial charge in [-0.15, -0.1) is 0 Å². The summed E-state index contributed by atoms with van der Waals surface area (Å²) in [7, 11) is 0. The van der Waals surface area contributed by atoms with Crippen LogP contribution in [0.1, 0.15) is 5.56 Å². The molecule has 0 aliphatic heterocycles. The van der Waals surface area contributed by atoms with Crippen LogP contribution < -0.4 is 0 Å².